The second-order valence-electron chi connectivity index (χ2n) is 20.1. The van der Waals surface area contributed by atoms with Crippen LogP contribution >= 0.6 is 0 Å². The van der Waals surface area contributed by atoms with Gasteiger partial charge in [-0.25, -0.2) is 13.2 Å². The molecule has 0 saturated carbocycles. The number of ether oxygens (including phenoxy) is 2. The SMILES string of the molecule is Cc1ccc(C(=O)NCCCC[C@H](NC(=O)COCCOCCCC(=O)CC[C@H](NC(=O)CC[C@H](CC(=O)CCCS(=O)(=O)CC(=O)CCCCCCCCCCCCCCCC2=NN=NC2)C(=O)O)C(=O)O)C(N)=O)cc1. The molecule has 0 aromatic heterocycles. The van der Waals surface area contributed by atoms with E-state index in [-0.39, 0.29) is 95.3 Å². The van der Waals surface area contributed by atoms with Gasteiger partial charge in [-0.3, -0.25) is 38.4 Å². The van der Waals surface area contributed by atoms with Crippen LogP contribution in [0, 0.1) is 12.8 Å². The van der Waals surface area contributed by atoms with Gasteiger partial charge in [0, 0.05) is 57.2 Å². The third-order valence-corrected chi connectivity index (χ3v) is 14.8. The number of ketones is 3. The zero-order valence-electron chi connectivity index (χ0n) is 45.8. The molecule has 0 bridgehead atoms. The molecule has 1 heterocycles. The molecule has 0 unspecified atom stereocenters. The number of hydrogen-bond donors (Lipinski definition) is 6. The summed E-state index contributed by atoms with van der Waals surface area (Å²) in [4.78, 5) is 110. The number of carboxylic acids is 2. The van der Waals surface area contributed by atoms with Crippen LogP contribution in [0.5, 0.6) is 0 Å². The van der Waals surface area contributed by atoms with Crippen LogP contribution in [-0.2, 0) is 57.7 Å². The quantitative estimate of drug-likeness (QED) is 0.0381. The smallest absolute Gasteiger partial charge is 0.326 e. The highest BCUT2D eigenvalue weighted by atomic mass is 32.2. The van der Waals surface area contributed by atoms with Crippen molar-refractivity contribution in [2.24, 2.45) is 27.1 Å². The third kappa shape index (κ3) is 34.9. The number of carbonyl (C=O) groups is 9. The number of amides is 4. The first-order valence-electron chi connectivity index (χ1n) is 27.9. The van der Waals surface area contributed by atoms with Gasteiger partial charge in [-0.1, -0.05) is 88.3 Å². The van der Waals surface area contributed by atoms with Crippen molar-refractivity contribution in [3.63, 3.8) is 0 Å². The van der Waals surface area contributed by atoms with Crippen LogP contribution in [-0.4, -0.2) is 140 Å². The summed E-state index contributed by atoms with van der Waals surface area (Å²) >= 11 is 0. The van der Waals surface area contributed by atoms with E-state index in [2.05, 4.69) is 31.4 Å². The van der Waals surface area contributed by atoms with Gasteiger partial charge in [0.1, 0.15) is 48.3 Å². The van der Waals surface area contributed by atoms with E-state index in [1.165, 1.54) is 44.9 Å². The first kappa shape index (κ1) is 68.3. The van der Waals surface area contributed by atoms with Crippen molar-refractivity contribution in [3.05, 3.63) is 35.4 Å². The van der Waals surface area contributed by atoms with Crippen LogP contribution in [0.15, 0.2) is 39.7 Å². The molecule has 1 aliphatic rings. The number of nitrogens with two attached hydrogens (primary N) is 1. The molecule has 4 amide bonds. The summed E-state index contributed by atoms with van der Waals surface area (Å²) in [7, 11) is -3.76. The Bertz CT molecular complexity index is 2210. The number of aryl methyl sites for hydroxylation is 1. The average molecular weight is 1120 g/mol. The highest BCUT2D eigenvalue weighted by Crippen LogP contribution is 2.17. The van der Waals surface area contributed by atoms with Crippen LogP contribution in [0.2, 0.25) is 0 Å². The van der Waals surface area contributed by atoms with Gasteiger partial charge in [-0.15, -0.1) is 5.10 Å². The van der Waals surface area contributed by atoms with Gasteiger partial charge in [0.2, 0.25) is 17.7 Å². The molecular weight excluding hydrogens is 1030 g/mol. The molecule has 23 heteroatoms. The number of hydrogen-bond acceptors (Lipinski definition) is 16. The second kappa shape index (κ2) is 41.3. The van der Waals surface area contributed by atoms with Crippen LogP contribution in [0.1, 0.15) is 189 Å². The Morgan fingerprint density at radius 1 is 0.615 bits per heavy atom. The topological polar surface area (TPSA) is 346 Å². The Hall–Kier alpha value is -5.81. The monoisotopic (exact) mass is 1120 g/mol. The fourth-order valence-electron chi connectivity index (χ4n) is 8.55. The average Bonchev–Trinajstić information content (AvgIpc) is 3.91. The Kier molecular flexibility index (Phi) is 36.1. The predicted molar refractivity (Wildman–Crippen MR) is 292 cm³/mol. The minimum Gasteiger partial charge on any atom is -0.481 e. The molecular formula is C55H87N7O15S. The molecule has 1 aliphatic heterocycles. The zero-order chi connectivity index (χ0) is 57.4. The number of Topliss-reactive ketones (excluding diaryl/α,β-unsaturated/α-hetero) is 3. The van der Waals surface area contributed by atoms with E-state index in [0.717, 1.165) is 49.8 Å². The van der Waals surface area contributed by atoms with E-state index in [9.17, 15) is 61.8 Å². The minimum absolute atomic E-state index is 0.0421. The zero-order valence-corrected chi connectivity index (χ0v) is 46.6. The molecule has 0 fully saturated rings. The van der Waals surface area contributed by atoms with Crippen LogP contribution < -0.4 is 21.7 Å². The number of unbranched alkanes of at least 4 members (excludes halogenated alkanes) is 13. The van der Waals surface area contributed by atoms with E-state index in [4.69, 9.17) is 15.2 Å². The van der Waals surface area contributed by atoms with E-state index in [1.54, 1.807) is 12.1 Å². The summed E-state index contributed by atoms with van der Waals surface area (Å²) in [6, 6.07) is 4.82. The number of carbonyl (C=O) groups excluding carboxylic acids is 7. The minimum atomic E-state index is -3.76. The molecule has 3 atom stereocenters. The van der Waals surface area contributed by atoms with E-state index < -0.39 is 87.6 Å². The first-order chi connectivity index (χ1) is 37.3. The van der Waals surface area contributed by atoms with Crippen molar-refractivity contribution in [2.45, 2.75) is 192 Å². The molecule has 0 spiro atoms. The third-order valence-electron chi connectivity index (χ3n) is 13.2. The summed E-state index contributed by atoms with van der Waals surface area (Å²) in [5.41, 5.74) is 8.12. The van der Waals surface area contributed by atoms with Crippen molar-refractivity contribution in [1.82, 2.24) is 16.0 Å². The number of rotatable bonds is 50. The van der Waals surface area contributed by atoms with Gasteiger partial charge in [0.15, 0.2) is 9.84 Å². The number of aliphatic carboxylic acids is 2. The molecule has 22 nitrogen and oxygen atoms in total. The maximum Gasteiger partial charge on any atom is 0.326 e. The molecule has 1 aromatic rings. The maximum absolute atomic E-state index is 12.6. The largest absolute Gasteiger partial charge is 0.481 e. The molecule has 2 rings (SSSR count). The fourth-order valence-corrected chi connectivity index (χ4v) is 9.92. The van der Waals surface area contributed by atoms with Gasteiger partial charge in [-0.05, 0) is 88.5 Å². The number of primary amides is 1. The van der Waals surface area contributed by atoms with Gasteiger partial charge in [-0.2, -0.15) is 5.11 Å². The maximum atomic E-state index is 12.6. The van der Waals surface area contributed by atoms with Crippen molar-refractivity contribution in [2.75, 3.05) is 51.0 Å². The summed E-state index contributed by atoms with van der Waals surface area (Å²) in [6.07, 6.45) is 15.5. The highest BCUT2D eigenvalue weighted by molar-refractivity contribution is 7.92. The molecule has 0 aliphatic carbocycles. The van der Waals surface area contributed by atoms with Gasteiger partial charge in [0.25, 0.3) is 5.91 Å². The van der Waals surface area contributed by atoms with Crippen LogP contribution in [0.4, 0.5) is 0 Å². The Labute approximate surface area is 460 Å². The van der Waals surface area contributed by atoms with Crippen molar-refractivity contribution in [3.8, 4) is 0 Å². The van der Waals surface area contributed by atoms with Crippen molar-refractivity contribution < 1.29 is 71.3 Å². The predicted octanol–water partition coefficient (Wildman–Crippen LogP) is 6.47. The van der Waals surface area contributed by atoms with Gasteiger partial charge >= 0.3 is 11.9 Å². The lowest BCUT2D eigenvalue weighted by molar-refractivity contribution is -0.145. The summed E-state index contributed by atoms with van der Waals surface area (Å²) in [5.74, 6) is -8.41. The summed E-state index contributed by atoms with van der Waals surface area (Å²) in [5, 5.41) is 38.5. The molecule has 438 valence electrons. The number of sulfone groups is 1. The second-order valence-corrected chi connectivity index (χ2v) is 22.3. The summed E-state index contributed by atoms with van der Waals surface area (Å²) in [6.45, 7) is 2.93. The molecule has 0 radical (unpaired) electrons. The Balaban J connectivity index is 1.49. The highest BCUT2D eigenvalue weighted by Gasteiger charge is 2.26. The molecule has 1 aromatic carbocycles. The molecule has 0 saturated heterocycles. The summed E-state index contributed by atoms with van der Waals surface area (Å²) < 4.78 is 35.9. The lowest BCUT2D eigenvalue weighted by Crippen LogP contribution is -2.45. The molecule has 7 N–H and O–H groups in total. The van der Waals surface area contributed by atoms with Crippen molar-refractivity contribution >= 4 is 68.5 Å². The van der Waals surface area contributed by atoms with Gasteiger partial charge in [0.05, 0.1) is 30.6 Å². The van der Waals surface area contributed by atoms with E-state index in [0.29, 0.717) is 44.3 Å². The number of nitrogens with one attached hydrogen (secondary N) is 3. The van der Waals surface area contributed by atoms with Crippen LogP contribution in [0.25, 0.3) is 0 Å². The molecule has 78 heavy (non-hydrogen) atoms. The normalized spacial score (nSPS) is 13.3. The fraction of sp³-hybridized carbons (Fsp3) is 0.709. The standard InChI is InChI=1S/C55H87N7O15S/c1-41-24-26-42(27-25-41)53(69)57-32-16-15-23-48(52(56)68)59-51(67)39-77-35-34-76-33-17-21-45(63)29-30-49(55(72)73)60-50(66)31-28-43(54(70)71)37-46(64)22-18-36-78(74,75)40-47(65)20-14-12-10-8-6-4-2-3-5-7-9-11-13-19-44-38-58-62-61-44/h24-27,43,48-49H,2-23,28-40H2,1H3,(H2,56,68)(H,57,69)(H,59,67)(H,60,66)(H,70,71)(H,72,73)/t43-,48+,49+/m1/s1. The lowest BCUT2D eigenvalue weighted by atomic mass is 9.95. The number of benzene rings is 1. The number of carboxylic acid groups (broad SMARTS) is 2. The Morgan fingerprint density at radius 2 is 1.22 bits per heavy atom. The number of nitrogens with zero attached hydrogens (tertiary/aromatic N) is 3. The first-order valence-corrected chi connectivity index (χ1v) is 29.7. The van der Waals surface area contributed by atoms with Crippen molar-refractivity contribution in [1.29, 1.82) is 0 Å². The van der Waals surface area contributed by atoms with Gasteiger partial charge < -0.3 is 41.4 Å². The van der Waals surface area contributed by atoms with E-state index >= 15 is 0 Å². The van der Waals surface area contributed by atoms with Crippen LogP contribution in [0.3, 0.4) is 0 Å². The van der Waals surface area contributed by atoms with E-state index in [1.807, 2.05) is 19.1 Å². The Morgan fingerprint density at radius 3 is 1.83 bits per heavy atom. The lowest BCUT2D eigenvalue weighted by Gasteiger charge is -2.16.